The topological polar surface area (TPSA) is 77.5 Å². The van der Waals surface area contributed by atoms with Gasteiger partial charge >= 0.3 is 0 Å². The zero-order valence-electron chi connectivity index (χ0n) is 11.3. The molecule has 0 spiro atoms. The molecule has 1 N–H and O–H groups in total. The average molecular weight is 323 g/mol. The van der Waals surface area contributed by atoms with Crippen LogP contribution in [-0.4, -0.2) is 46.9 Å². The van der Waals surface area contributed by atoms with E-state index in [0.29, 0.717) is 32.8 Å². The van der Waals surface area contributed by atoms with Crippen LogP contribution in [0.4, 0.5) is 0 Å². The van der Waals surface area contributed by atoms with Crippen molar-refractivity contribution >= 4 is 21.6 Å². The van der Waals surface area contributed by atoms with E-state index in [-0.39, 0.29) is 9.92 Å². The van der Waals surface area contributed by atoms with E-state index >= 15 is 0 Å². The molecule has 114 valence electrons. The van der Waals surface area contributed by atoms with E-state index in [1.54, 1.807) is 7.11 Å². The number of aromatic nitrogens is 1. The number of sulfonamides is 1. The summed E-state index contributed by atoms with van der Waals surface area (Å²) in [5.74, 6) is 0. The van der Waals surface area contributed by atoms with Gasteiger partial charge in [-0.25, -0.2) is 13.1 Å². The number of unbranched alkanes of at least 4 members (excludes halogenated alkanes) is 1. The summed E-state index contributed by atoms with van der Waals surface area (Å²) in [6.07, 6.45) is 4.13. The highest BCUT2D eigenvalue weighted by molar-refractivity contribution is 7.89. The van der Waals surface area contributed by atoms with E-state index in [4.69, 9.17) is 21.1 Å². The molecular formula is C12H19ClN2O4S. The Morgan fingerprint density at radius 2 is 2.10 bits per heavy atom. The molecule has 0 aromatic carbocycles. The summed E-state index contributed by atoms with van der Waals surface area (Å²) in [6, 6.07) is 1.44. The number of nitrogens with zero attached hydrogens (tertiary/aromatic N) is 1. The standard InChI is InChI=1S/C12H19ClN2O4S/c1-18-8-9-19-7-3-2-5-15-20(16,17)12-10-14-6-4-11(12)13/h4,6,10,15H,2-3,5,7-9H2,1H3. The van der Waals surface area contributed by atoms with E-state index < -0.39 is 10.0 Å². The van der Waals surface area contributed by atoms with E-state index in [0.717, 1.165) is 6.42 Å². The summed E-state index contributed by atoms with van der Waals surface area (Å²) in [4.78, 5) is 3.76. The number of pyridine rings is 1. The summed E-state index contributed by atoms with van der Waals surface area (Å²) in [6.45, 7) is 2.03. The van der Waals surface area contributed by atoms with Crippen LogP contribution in [0.1, 0.15) is 12.8 Å². The molecule has 1 aromatic heterocycles. The third-order valence-corrected chi connectivity index (χ3v) is 4.39. The van der Waals surface area contributed by atoms with Gasteiger partial charge in [0.25, 0.3) is 0 Å². The molecule has 6 nitrogen and oxygen atoms in total. The van der Waals surface area contributed by atoms with Crippen LogP contribution in [0.15, 0.2) is 23.4 Å². The van der Waals surface area contributed by atoms with Crippen molar-refractivity contribution in [2.45, 2.75) is 17.7 Å². The summed E-state index contributed by atoms with van der Waals surface area (Å²) in [7, 11) is -1.98. The van der Waals surface area contributed by atoms with Gasteiger partial charge in [0.05, 0.1) is 18.2 Å². The zero-order valence-corrected chi connectivity index (χ0v) is 12.9. The lowest BCUT2D eigenvalue weighted by Gasteiger charge is -2.08. The number of hydrogen-bond donors (Lipinski definition) is 1. The molecule has 20 heavy (non-hydrogen) atoms. The van der Waals surface area contributed by atoms with Gasteiger partial charge < -0.3 is 9.47 Å². The smallest absolute Gasteiger partial charge is 0.243 e. The fourth-order valence-corrected chi connectivity index (χ4v) is 2.92. The fourth-order valence-electron chi connectivity index (χ4n) is 1.42. The van der Waals surface area contributed by atoms with Crippen molar-refractivity contribution in [2.24, 2.45) is 0 Å². The van der Waals surface area contributed by atoms with Gasteiger partial charge in [0.15, 0.2) is 0 Å². The largest absolute Gasteiger partial charge is 0.382 e. The molecule has 1 aromatic rings. The fraction of sp³-hybridized carbons (Fsp3) is 0.583. The Labute approximate surface area is 124 Å². The Balaban J connectivity index is 2.26. The Morgan fingerprint density at radius 3 is 2.80 bits per heavy atom. The van der Waals surface area contributed by atoms with Crippen LogP contribution in [0.3, 0.4) is 0 Å². The van der Waals surface area contributed by atoms with Gasteiger partial charge in [0.2, 0.25) is 10.0 Å². The zero-order chi connectivity index (χ0) is 14.8. The van der Waals surface area contributed by atoms with Crippen molar-refractivity contribution < 1.29 is 17.9 Å². The van der Waals surface area contributed by atoms with Crippen LogP contribution < -0.4 is 4.72 Å². The molecule has 0 radical (unpaired) electrons. The van der Waals surface area contributed by atoms with Gasteiger partial charge in [0, 0.05) is 32.7 Å². The van der Waals surface area contributed by atoms with Crippen molar-refractivity contribution in [3.8, 4) is 0 Å². The second-order valence-electron chi connectivity index (χ2n) is 4.02. The molecule has 1 rings (SSSR count). The number of methoxy groups -OCH3 is 1. The lowest BCUT2D eigenvalue weighted by molar-refractivity contribution is 0.0689. The van der Waals surface area contributed by atoms with Crippen molar-refractivity contribution in [3.05, 3.63) is 23.5 Å². The maximum atomic E-state index is 11.9. The first-order valence-corrected chi connectivity index (χ1v) is 8.10. The van der Waals surface area contributed by atoms with Crippen LogP contribution in [-0.2, 0) is 19.5 Å². The molecular weight excluding hydrogens is 304 g/mol. The first-order valence-electron chi connectivity index (χ1n) is 6.24. The van der Waals surface area contributed by atoms with Crippen molar-refractivity contribution in [2.75, 3.05) is 33.5 Å². The van der Waals surface area contributed by atoms with Gasteiger partial charge in [-0.3, -0.25) is 4.98 Å². The SMILES string of the molecule is COCCOCCCCNS(=O)(=O)c1cnccc1Cl. The molecule has 0 unspecified atom stereocenters. The average Bonchev–Trinajstić information content (AvgIpc) is 2.42. The third kappa shape index (κ3) is 6.15. The lowest BCUT2D eigenvalue weighted by Crippen LogP contribution is -2.25. The Morgan fingerprint density at radius 1 is 1.30 bits per heavy atom. The highest BCUT2D eigenvalue weighted by atomic mass is 35.5. The number of rotatable bonds is 10. The number of nitrogens with one attached hydrogen (secondary N) is 1. The quantitative estimate of drug-likeness (QED) is 0.660. The van der Waals surface area contributed by atoms with Crippen LogP contribution in [0, 0.1) is 0 Å². The van der Waals surface area contributed by atoms with Crippen LogP contribution in [0.25, 0.3) is 0 Å². The molecule has 0 fully saturated rings. The summed E-state index contributed by atoms with van der Waals surface area (Å²) in [5, 5.41) is 0.162. The molecule has 0 amide bonds. The Bertz CT molecular complexity index is 496. The monoisotopic (exact) mass is 322 g/mol. The number of ether oxygens (including phenoxy) is 2. The van der Waals surface area contributed by atoms with Crippen molar-refractivity contribution in [1.82, 2.24) is 9.71 Å². The first-order chi connectivity index (χ1) is 9.58. The van der Waals surface area contributed by atoms with Crippen LogP contribution in [0.5, 0.6) is 0 Å². The first kappa shape index (κ1) is 17.3. The molecule has 1 heterocycles. The molecule has 0 saturated heterocycles. The van der Waals surface area contributed by atoms with E-state index in [1.165, 1.54) is 18.5 Å². The van der Waals surface area contributed by atoms with Crippen molar-refractivity contribution in [1.29, 1.82) is 0 Å². The van der Waals surface area contributed by atoms with Gasteiger partial charge in [-0.15, -0.1) is 0 Å². The van der Waals surface area contributed by atoms with E-state index in [2.05, 4.69) is 9.71 Å². The van der Waals surface area contributed by atoms with Gasteiger partial charge in [-0.2, -0.15) is 0 Å². The van der Waals surface area contributed by atoms with Gasteiger partial charge in [-0.1, -0.05) is 11.6 Å². The van der Waals surface area contributed by atoms with E-state index in [1.807, 2.05) is 0 Å². The van der Waals surface area contributed by atoms with Crippen LogP contribution in [0.2, 0.25) is 5.02 Å². The maximum absolute atomic E-state index is 11.9. The number of halogens is 1. The maximum Gasteiger partial charge on any atom is 0.243 e. The summed E-state index contributed by atoms with van der Waals surface area (Å²) < 4.78 is 36.5. The number of hydrogen-bond acceptors (Lipinski definition) is 5. The minimum atomic E-state index is -3.60. The summed E-state index contributed by atoms with van der Waals surface area (Å²) >= 11 is 5.83. The van der Waals surface area contributed by atoms with Gasteiger partial charge in [0.1, 0.15) is 4.90 Å². The third-order valence-electron chi connectivity index (χ3n) is 2.46. The molecule has 8 heteroatoms. The van der Waals surface area contributed by atoms with E-state index in [9.17, 15) is 8.42 Å². The lowest BCUT2D eigenvalue weighted by atomic mass is 10.3. The second kappa shape index (κ2) is 9.25. The van der Waals surface area contributed by atoms with Crippen LogP contribution >= 0.6 is 11.6 Å². The molecule has 0 aliphatic heterocycles. The molecule has 0 saturated carbocycles. The highest BCUT2D eigenvalue weighted by Gasteiger charge is 2.16. The van der Waals surface area contributed by atoms with Crippen molar-refractivity contribution in [3.63, 3.8) is 0 Å². The predicted octanol–water partition coefficient (Wildman–Crippen LogP) is 1.46. The highest BCUT2D eigenvalue weighted by Crippen LogP contribution is 2.18. The second-order valence-corrected chi connectivity index (χ2v) is 6.16. The predicted molar refractivity (Wildman–Crippen MR) is 76.4 cm³/mol. The Hall–Kier alpha value is -0.730. The Kier molecular flexibility index (Phi) is 8.01. The molecule has 0 bridgehead atoms. The van der Waals surface area contributed by atoms with Gasteiger partial charge in [-0.05, 0) is 18.9 Å². The minimum absolute atomic E-state index is 0.00184. The molecule has 0 aliphatic carbocycles. The molecule has 0 atom stereocenters. The summed E-state index contributed by atoms with van der Waals surface area (Å²) in [5.41, 5.74) is 0. The minimum Gasteiger partial charge on any atom is -0.382 e. The normalized spacial score (nSPS) is 11.7. The molecule has 0 aliphatic rings.